The fourth-order valence-corrected chi connectivity index (χ4v) is 6.02. The Balaban J connectivity index is 0.000000730. The maximum Gasteiger partial charge on any atom is 0.191 e. The van der Waals surface area contributed by atoms with E-state index >= 15 is 0 Å². The smallest absolute Gasteiger partial charge is 0.191 e. The van der Waals surface area contributed by atoms with Crippen molar-refractivity contribution in [3.8, 4) is 36.4 Å². The van der Waals surface area contributed by atoms with Crippen molar-refractivity contribution in [3.63, 3.8) is 0 Å². The van der Waals surface area contributed by atoms with Gasteiger partial charge in [-0.15, -0.1) is 0 Å². The van der Waals surface area contributed by atoms with Crippen LogP contribution in [0.1, 0.15) is 142 Å². The topological polar surface area (TPSA) is 156 Å². The molecule has 0 bridgehead atoms. The number of nitriles is 6. The van der Waals surface area contributed by atoms with Crippen LogP contribution in [0.25, 0.3) is 14.5 Å². The predicted octanol–water partition coefficient (Wildman–Crippen LogP) is 13.6. The van der Waals surface area contributed by atoms with Crippen molar-refractivity contribution in [2.75, 3.05) is 0 Å². The van der Waals surface area contributed by atoms with Gasteiger partial charge in [0.15, 0.2) is 17.1 Å². The number of hydrogen-bond acceptors (Lipinski definition) is 6. The molecule has 4 aromatic carbocycles. The summed E-state index contributed by atoms with van der Waals surface area (Å²) in [4.78, 5) is 9.59. The van der Waals surface area contributed by atoms with E-state index in [-0.39, 0.29) is 42.3 Å². The van der Waals surface area contributed by atoms with Gasteiger partial charge in [-0.25, -0.2) is 18.9 Å². The maximum absolute atomic E-state index is 13.4. The summed E-state index contributed by atoms with van der Waals surface area (Å²) in [6, 6.07) is 26.3. The molecule has 0 aromatic heterocycles. The zero-order valence-electron chi connectivity index (χ0n) is 32.3. The predicted molar refractivity (Wildman–Crippen MR) is 221 cm³/mol. The largest absolute Gasteiger partial charge is 0.238 e. The third-order valence-electron chi connectivity index (χ3n) is 7.92. The molecule has 0 aliphatic heterocycles. The molecular formula is C46H41ClFN9. The number of hydrogen-bond donors (Lipinski definition) is 0. The Morgan fingerprint density at radius 1 is 0.474 bits per heavy atom. The first-order valence-electron chi connectivity index (χ1n) is 17.0. The zero-order chi connectivity index (χ0) is 42.7. The van der Waals surface area contributed by atoms with Gasteiger partial charge < -0.3 is 0 Å². The molecule has 0 radical (unpaired) electrons. The summed E-state index contributed by atoms with van der Waals surface area (Å²) in [6.45, 7) is 35.8. The van der Waals surface area contributed by atoms with Crippen molar-refractivity contribution in [1.29, 1.82) is 31.6 Å². The summed E-state index contributed by atoms with van der Waals surface area (Å²) in [7, 11) is 0. The first-order chi connectivity index (χ1) is 26.5. The van der Waals surface area contributed by atoms with E-state index in [2.05, 4.69) is 32.7 Å². The molecule has 0 aliphatic carbocycles. The molecule has 0 heterocycles. The highest BCUT2D eigenvalue weighted by molar-refractivity contribution is 6.32. The molecule has 0 saturated heterocycles. The van der Waals surface area contributed by atoms with Crippen molar-refractivity contribution in [3.05, 3.63) is 155 Å². The lowest BCUT2D eigenvalue weighted by Gasteiger charge is -2.10. The molecule has 0 saturated carbocycles. The average Bonchev–Trinajstić information content (AvgIpc) is 3.19. The van der Waals surface area contributed by atoms with E-state index in [1.54, 1.807) is 30.3 Å². The van der Waals surface area contributed by atoms with Crippen molar-refractivity contribution < 1.29 is 4.39 Å². The second kappa shape index (κ2) is 24.0. The van der Waals surface area contributed by atoms with Crippen LogP contribution in [0.3, 0.4) is 0 Å². The Bertz CT molecular complexity index is 2320. The third kappa shape index (κ3) is 13.4. The van der Waals surface area contributed by atoms with Crippen molar-refractivity contribution >= 4 is 28.7 Å². The standard InChI is InChI=1S/C12H9N3.C11H9ClN2.C11H9FN2.C11H10N2.CH4/c1-8(2)12-9(6-13)4-11(15-3)5-10(12)7-14;2*1-7(2)11-8(6-13)4-9(14-3)5-10(11)12;1-8(2)11-9(6-12)4-3-5-10(11)7-13;/h4-5,8H,1-2H3;2*4-5,7H,1-2H3;3-5,8H,1-2H3;1H4. The molecule has 284 valence electrons. The number of rotatable bonds is 4. The van der Waals surface area contributed by atoms with Crippen LogP contribution >= 0.6 is 11.6 Å². The van der Waals surface area contributed by atoms with Gasteiger partial charge in [0, 0.05) is 32.8 Å². The highest BCUT2D eigenvalue weighted by Gasteiger charge is 2.16. The molecule has 0 fully saturated rings. The van der Waals surface area contributed by atoms with E-state index in [1.807, 2.05) is 73.6 Å². The minimum absolute atomic E-state index is 0. The fourth-order valence-electron chi connectivity index (χ4n) is 5.59. The van der Waals surface area contributed by atoms with E-state index in [1.165, 1.54) is 24.3 Å². The summed E-state index contributed by atoms with van der Waals surface area (Å²) in [6.07, 6.45) is 0. The Hall–Kier alpha value is -7.49. The Kier molecular flexibility index (Phi) is 20.9. The molecular weight excluding hydrogens is 733 g/mol. The van der Waals surface area contributed by atoms with Crippen LogP contribution in [0.2, 0.25) is 5.02 Å². The SMILES string of the molecule is C.CC(C)c1c(C#N)cccc1C#N.[C-]#[N+]c1cc(C#N)c(C(C)C)c(C#N)c1.[C-]#[N+]c1cc(Cl)c(C(C)C)c(C#N)c1.[C-]#[N+]c1cc(F)c(C(C)C)c(C#N)c1. The van der Waals surface area contributed by atoms with Crippen LogP contribution in [0.4, 0.5) is 21.5 Å². The first kappa shape index (κ1) is 49.5. The molecule has 9 nitrogen and oxygen atoms in total. The van der Waals surface area contributed by atoms with Crippen LogP contribution < -0.4 is 0 Å². The fraction of sp³-hybridized carbons (Fsp3) is 0.283. The van der Waals surface area contributed by atoms with Gasteiger partial charge in [0.2, 0.25) is 0 Å². The van der Waals surface area contributed by atoms with Crippen LogP contribution in [-0.4, -0.2) is 0 Å². The highest BCUT2D eigenvalue weighted by atomic mass is 35.5. The molecule has 0 unspecified atom stereocenters. The van der Waals surface area contributed by atoms with Gasteiger partial charge in [0.1, 0.15) is 5.82 Å². The van der Waals surface area contributed by atoms with E-state index in [9.17, 15) is 4.39 Å². The van der Waals surface area contributed by atoms with Gasteiger partial charge in [0.25, 0.3) is 0 Å². The second-order valence-electron chi connectivity index (χ2n) is 13.1. The average molecular weight is 774 g/mol. The molecule has 0 amide bonds. The molecule has 4 aromatic rings. The van der Waals surface area contributed by atoms with Crippen molar-refractivity contribution in [2.45, 2.75) is 86.5 Å². The summed E-state index contributed by atoms with van der Waals surface area (Å²) in [5, 5.41) is 53.7. The second-order valence-corrected chi connectivity index (χ2v) is 13.5. The van der Waals surface area contributed by atoms with Crippen LogP contribution in [-0.2, 0) is 0 Å². The Labute approximate surface area is 341 Å². The summed E-state index contributed by atoms with van der Waals surface area (Å²) < 4.78 is 13.4. The molecule has 0 N–H and O–H groups in total. The summed E-state index contributed by atoms with van der Waals surface area (Å²) >= 11 is 5.99. The zero-order valence-corrected chi connectivity index (χ0v) is 33.0. The summed E-state index contributed by atoms with van der Waals surface area (Å²) in [5.74, 6) is -0.00833. The van der Waals surface area contributed by atoms with Gasteiger partial charge in [-0.1, -0.05) is 80.5 Å². The Morgan fingerprint density at radius 2 is 0.754 bits per heavy atom. The minimum Gasteiger partial charge on any atom is -0.238 e. The normalized spacial score (nSPS) is 9.21. The van der Waals surface area contributed by atoms with Crippen molar-refractivity contribution in [2.24, 2.45) is 0 Å². The monoisotopic (exact) mass is 773 g/mol. The first-order valence-corrected chi connectivity index (χ1v) is 17.4. The number of benzene rings is 4. The van der Waals surface area contributed by atoms with Crippen LogP contribution in [0, 0.1) is 93.5 Å². The quantitative estimate of drug-likeness (QED) is 0.188. The lowest BCUT2D eigenvalue weighted by molar-refractivity contribution is 0.598. The maximum atomic E-state index is 13.4. The minimum atomic E-state index is -0.468. The molecule has 4 rings (SSSR count). The van der Waals surface area contributed by atoms with E-state index in [0.717, 1.165) is 16.7 Å². The lowest BCUT2D eigenvalue weighted by atomic mass is 9.92. The third-order valence-corrected chi connectivity index (χ3v) is 8.23. The summed E-state index contributed by atoms with van der Waals surface area (Å²) in [5.41, 5.74) is 6.53. The molecule has 0 atom stereocenters. The van der Waals surface area contributed by atoms with E-state index in [4.69, 9.17) is 62.9 Å². The van der Waals surface area contributed by atoms with E-state index in [0.29, 0.717) is 49.8 Å². The Morgan fingerprint density at radius 3 is 1.07 bits per heavy atom. The van der Waals surface area contributed by atoms with Gasteiger partial charge >= 0.3 is 0 Å². The van der Waals surface area contributed by atoms with Gasteiger partial charge in [-0.3, -0.25) is 0 Å². The lowest BCUT2D eigenvalue weighted by Crippen LogP contribution is -1.97. The van der Waals surface area contributed by atoms with Gasteiger partial charge in [-0.05, 0) is 88.9 Å². The number of nitrogens with zero attached hydrogens (tertiary/aromatic N) is 9. The van der Waals surface area contributed by atoms with E-state index < -0.39 is 5.82 Å². The molecule has 57 heavy (non-hydrogen) atoms. The van der Waals surface area contributed by atoms with Crippen molar-refractivity contribution in [1.82, 2.24) is 0 Å². The highest BCUT2D eigenvalue weighted by Crippen LogP contribution is 2.32. The molecule has 0 aliphatic rings. The van der Waals surface area contributed by atoms with Crippen LogP contribution in [0.15, 0.2) is 54.6 Å². The van der Waals surface area contributed by atoms with Gasteiger partial charge in [0.05, 0.1) is 67.3 Å². The van der Waals surface area contributed by atoms with Gasteiger partial charge in [-0.2, -0.15) is 31.6 Å². The number of halogens is 2. The van der Waals surface area contributed by atoms with Crippen LogP contribution in [0.5, 0.6) is 0 Å². The molecule has 0 spiro atoms. The molecule has 11 heteroatoms.